The lowest BCUT2D eigenvalue weighted by Gasteiger charge is -2.20. The predicted molar refractivity (Wildman–Crippen MR) is 109 cm³/mol. The first-order chi connectivity index (χ1) is 14.5. The van der Waals surface area contributed by atoms with Gasteiger partial charge in [0.1, 0.15) is 17.3 Å². The van der Waals surface area contributed by atoms with E-state index in [0.717, 1.165) is 6.42 Å². The summed E-state index contributed by atoms with van der Waals surface area (Å²) in [5.41, 5.74) is 2.25. The number of anilines is 2. The number of halogens is 1. The van der Waals surface area contributed by atoms with Gasteiger partial charge in [-0.3, -0.25) is 9.59 Å². The fraction of sp³-hybridized carbons (Fsp3) is 0.273. The van der Waals surface area contributed by atoms with E-state index in [4.69, 9.17) is 14.2 Å². The van der Waals surface area contributed by atoms with Crippen molar-refractivity contribution in [2.75, 3.05) is 30.7 Å². The summed E-state index contributed by atoms with van der Waals surface area (Å²) in [5, 5.41) is 2.74. The molecule has 7 nitrogen and oxygen atoms in total. The largest absolute Gasteiger partial charge is 0.494 e. The molecular formula is C22H21FN2O5. The molecule has 1 fully saturated rings. The number of rotatable bonds is 5. The average molecular weight is 412 g/mol. The van der Waals surface area contributed by atoms with E-state index in [1.165, 1.54) is 31.4 Å². The van der Waals surface area contributed by atoms with E-state index in [1.807, 2.05) is 0 Å². The highest BCUT2D eigenvalue weighted by Crippen LogP contribution is 2.34. The van der Waals surface area contributed by atoms with Gasteiger partial charge >= 0.3 is 0 Å². The quantitative estimate of drug-likeness (QED) is 0.761. The first-order valence-corrected chi connectivity index (χ1v) is 9.55. The number of fused-ring (bicyclic) bond motifs is 1. The minimum atomic E-state index is -0.431. The summed E-state index contributed by atoms with van der Waals surface area (Å²) in [7, 11) is 1.52. The maximum Gasteiger partial charge on any atom is 0.248 e. The molecule has 30 heavy (non-hydrogen) atoms. The predicted octanol–water partition coefficient (Wildman–Crippen LogP) is 3.48. The van der Waals surface area contributed by atoms with Gasteiger partial charge in [0.25, 0.3) is 0 Å². The summed E-state index contributed by atoms with van der Waals surface area (Å²) >= 11 is 0. The van der Waals surface area contributed by atoms with Gasteiger partial charge in [-0.25, -0.2) is 4.39 Å². The third kappa shape index (κ3) is 4.13. The minimum Gasteiger partial charge on any atom is -0.494 e. The number of carbonyl (C=O) groups is 2. The lowest BCUT2D eigenvalue weighted by molar-refractivity contribution is -0.117. The molecule has 2 aromatic rings. The van der Waals surface area contributed by atoms with Crippen molar-refractivity contribution in [1.29, 1.82) is 0 Å². The van der Waals surface area contributed by atoms with Crippen molar-refractivity contribution >= 4 is 29.3 Å². The fourth-order valence-electron chi connectivity index (χ4n) is 3.56. The number of benzene rings is 2. The SMILES string of the molecule is COc1cc(NC(=O)/C=C/c2cc(F)cc3c2OCOC3)ccc1N1CCCC1=O. The van der Waals surface area contributed by atoms with Crippen LogP contribution in [0.3, 0.4) is 0 Å². The molecule has 4 rings (SSSR count). The van der Waals surface area contributed by atoms with Crippen molar-refractivity contribution in [2.24, 2.45) is 0 Å². The topological polar surface area (TPSA) is 77.1 Å². The second-order valence-electron chi connectivity index (χ2n) is 6.95. The van der Waals surface area contributed by atoms with Gasteiger partial charge in [0.15, 0.2) is 6.79 Å². The van der Waals surface area contributed by atoms with E-state index in [-0.39, 0.29) is 19.3 Å². The van der Waals surface area contributed by atoms with Gasteiger partial charge < -0.3 is 24.4 Å². The molecule has 0 saturated carbocycles. The molecule has 8 heteroatoms. The first kappa shape index (κ1) is 19.9. The Hall–Kier alpha value is -3.39. The molecule has 0 unspecified atom stereocenters. The van der Waals surface area contributed by atoms with Crippen molar-refractivity contribution in [3.63, 3.8) is 0 Å². The molecule has 2 aliphatic rings. The molecule has 1 N–H and O–H groups in total. The Morgan fingerprint density at radius 2 is 2.17 bits per heavy atom. The summed E-state index contributed by atoms with van der Waals surface area (Å²) in [6.45, 7) is 0.984. The van der Waals surface area contributed by atoms with Crippen LogP contribution in [0.25, 0.3) is 6.08 Å². The molecule has 2 aromatic carbocycles. The van der Waals surface area contributed by atoms with Crippen LogP contribution >= 0.6 is 0 Å². The van der Waals surface area contributed by atoms with E-state index < -0.39 is 11.7 Å². The highest BCUT2D eigenvalue weighted by atomic mass is 19.1. The van der Waals surface area contributed by atoms with Crippen LogP contribution in [0.5, 0.6) is 11.5 Å². The fourth-order valence-corrected chi connectivity index (χ4v) is 3.56. The van der Waals surface area contributed by atoms with Crippen LogP contribution in [0.4, 0.5) is 15.8 Å². The van der Waals surface area contributed by atoms with Gasteiger partial charge in [-0.15, -0.1) is 0 Å². The Kier molecular flexibility index (Phi) is 5.67. The number of ether oxygens (including phenoxy) is 3. The molecule has 1 saturated heterocycles. The van der Waals surface area contributed by atoms with E-state index in [9.17, 15) is 14.0 Å². The normalized spacial score (nSPS) is 15.8. The number of amides is 2. The third-order valence-electron chi connectivity index (χ3n) is 4.93. The zero-order valence-corrected chi connectivity index (χ0v) is 16.4. The number of methoxy groups -OCH3 is 1. The molecule has 0 bridgehead atoms. The summed E-state index contributed by atoms with van der Waals surface area (Å²) in [6.07, 6.45) is 4.13. The van der Waals surface area contributed by atoms with Crippen LogP contribution in [-0.2, 0) is 20.9 Å². The molecule has 0 radical (unpaired) electrons. The molecule has 0 atom stereocenters. The van der Waals surface area contributed by atoms with Crippen LogP contribution in [0, 0.1) is 5.82 Å². The molecule has 0 aliphatic carbocycles. The molecule has 2 heterocycles. The monoisotopic (exact) mass is 412 g/mol. The standard InChI is InChI=1S/C22H21FN2O5/c1-28-19-11-17(5-6-18(19)25-8-2-3-21(25)27)24-20(26)7-4-14-9-16(23)10-15-12-29-13-30-22(14)15/h4-7,9-11H,2-3,8,12-13H2,1H3,(H,24,26)/b7-4+. The summed E-state index contributed by atoms with van der Waals surface area (Å²) < 4.78 is 29.8. The lowest BCUT2D eigenvalue weighted by Crippen LogP contribution is -2.24. The van der Waals surface area contributed by atoms with Gasteiger partial charge in [0, 0.05) is 41.9 Å². The summed E-state index contributed by atoms with van der Waals surface area (Å²) in [6, 6.07) is 7.78. The molecule has 2 aliphatic heterocycles. The summed E-state index contributed by atoms with van der Waals surface area (Å²) in [4.78, 5) is 26.0. The van der Waals surface area contributed by atoms with Gasteiger partial charge in [0.2, 0.25) is 11.8 Å². The molecule has 156 valence electrons. The minimum absolute atomic E-state index is 0.0547. The number of nitrogens with one attached hydrogen (secondary N) is 1. The van der Waals surface area contributed by atoms with Crippen molar-refractivity contribution in [1.82, 2.24) is 0 Å². The number of carbonyl (C=O) groups excluding carboxylic acids is 2. The highest BCUT2D eigenvalue weighted by Gasteiger charge is 2.24. The third-order valence-corrected chi connectivity index (χ3v) is 4.93. The van der Waals surface area contributed by atoms with E-state index in [2.05, 4.69) is 5.32 Å². The number of nitrogens with zero attached hydrogens (tertiary/aromatic N) is 1. The van der Waals surface area contributed by atoms with Gasteiger partial charge in [-0.1, -0.05) is 0 Å². The zero-order valence-electron chi connectivity index (χ0n) is 16.4. The molecule has 0 spiro atoms. The number of hydrogen-bond acceptors (Lipinski definition) is 5. The molecular weight excluding hydrogens is 391 g/mol. The maximum atomic E-state index is 13.8. The average Bonchev–Trinajstić information content (AvgIpc) is 3.17. The van der Waals surface area contributed by atoms with Gasteiger partial charge in [-0.05, 0) is 36.8 Å². The van der Waals surface area contributed by atoms with Crippen LogP contribution in [-0.4, -0.2) is 32.3 Å². The molecule has 2 amide bonds. The second kappa shape index (κ2) is 8.54. The molecule has 0 aromatic heterocycles. The van der Waals surface area contributed by atoms with Crippen LogP contribution in [0.1, 0.15) is 24.0 Å². The van der Waals surface area contributed by atoms with Crippen molar-refractivity contribution in [3.8, 4) is 11.5 Å². The second-order valence-corrected chi connectivity index (χ2v) is 6.95. The smallest absolute Gasteiger partial charge is 0.248 e. The van der Waals surface area contributed by atoms with E-state index in [0.29, 0.717) is 47.0 Å². The van der Waals surface area contributed by atoms with Crippen molar-refractivity contribution < 1.29 is 28.2 Å². The Labute approximate surface area is 173 Å². The van der Waals surface area contributed by atoms with E-state index in [1.54, 1.807) is 23.1 Å². The Bertz CT molecular complexity index is 1020. The van der Waals surface area contributed by atoms with Crippen molar-refractivity contribution in [3.05, 3.63) is 53.4 Å². The Balaban J connectivity index is 1.49. The van der Waals surface area contributed by atoms with Crippen LogP contribution in [0.15, 0.2) is 36.4 Å². The lowest BCUT2D eigenvalue weighted by atomic mass is 10.1. The summed E-state index contributed by atoms with van der Waals surface area (Å²) in [5.74, 6) is 0.235. The zero-order chi connectivity index (χ0) is 21.1. The van der Waals surface area contributed by atoms with Crippen molar-refractivity contribution in [2.45, 2.75) is 19.4 Å². The van der Waals surface area contributed by atoms with E-state index >= 15 is 0 Å². The van der Waals surface area contributed by atoms with Crippen LogP contribution < -0.4 is 19.7 Å². The van der Waals surface area contributed by atoms with Gasteiger partial charge in [0.05, 0.1) is 19.4 Å². The van der Waals surface area contributed by atoms with Crippen LogP contribution in [0.2, 0.25) is 0 Å². The van der Waals surface area contributed by atoms with Gasteiger partial charge in [-0.2, -0.15) is 0 Å². The first-order valence-electron chi connectivity index (χ1n) is 9.55. The maximum absolute atomic E-state index is 13.8. The number of hydrogen-bond donors (Lipinski definition) is 1. The highest BCUT2D eigenvalue weighted by molar-refractivity contribution is 6.03. The Morgan fingerprint density at radius 3 is 2.93 bits per heavy atom. The Morgan fingerprint density at radius 1 is 1.30 bits per heavy atom.